The van der Waals surface area contributed by atoms with E-state index < -0.39 is 6.09 Å². The highest BCUT2D eigenvalue weighted by Gasteiger charge is 2.23. The molecule has 30 heavy (non-hydrogen) atoms. The van der Waals surface area contributed by atoms with Gasteiger partial charge in [0.1, 0.15) is 11.8 Å². The van der Waals surface area contributed by atoms with Crippen LogP contribution in [0.5, 0.6) is 5.75 Å². The fourth-order valence-corrected chi connectivity index (χ4v) is 3.98. The molecule has 0 aromatic heterocycles. The Hall–Kier alpha value is -2.57. The molecule has 0 bridgehead atoms. The molecular weight excluding hydrogens is 378 g/mol. The molecule has 0 radical (unpaired) electrons. The number of piperazine rings is 1. The SMILES string of the molecule is CCOc1ccc(N(CCN2CCN(CCc3ccccc3)C(C)C2)C(=O)[O-])cc1. The van der Waals surface area contributed by atoms with Crippen LogP contribution in [0, 0.1) is 0 Å². The zero-order valence-corrected chi connectivity index (χ0v) is 18.0. The Morgan fingerprint density at radius 3 is 2.47 bits per heavy atom. The molecule has 1 amide bonds. The maximum Gasteiger partial charge on any atom is 0.141 e. The van der Waals surface area contributed by atoms with E-state index in [9.17, 15) is 9.90 Å². The van der Waals surface area contributed by atoms with Crippen molar-refractivity contribution in [3.05, 3.63) is 60.2 Å². The van der Waals surface area contributed by atoms with Gasteiger partial charge in [0, 0.05) is 51.0 Å². The summed E-state index contributed by atoms with van der Waals surface area (Å²) in [6, 6.07) is 18.2. The van der Waals surface area contributed by atoms with Gasteiger partial charge in [-0.1, -0.05) is 30.3 Å². The molecule has 0 saturated carbocycles. The van der Waals surface area contributed by atoms with Gasteiger partial charge in [-0.15, -0.1) is 0 Å². The third kappa shape index (κ3) is 6.21. The van der Waals surface area contributed by atoms with Crippen LogP contribution in [0.25, 0.3) is 0 Å². The van der Waals surface area contributed by atoms with Crippen LogP contribution in [0.15, 0.2) is 54.6 Å². The summed E-state index contributed by atoms with van der Waals surface area (Å²) in [5.41, 5.74) is 1.99. The molecule has 2 aromatic carbocycles. The van der Waals surface area contributed by atoms with Gasteiger partial charge in [-0.3, -0.25) is 9.80 Å². The van der Waals surface area contributed by atoms with Gasteiger partial charge in [0.15, 0.2) is 0 Å². The predicted octanol–water partition coefficient (Wildman–Crippen LogP) is 2.48. The number of hydrogen-bond donors (Lipinski definition) is 0. The Balaban J connectivity index is 1.48. The summed E-state index contributed by atoms with van der Waals surface area (Å²) in [5, 5.41) is 11.7. The van der Waals surface area contributed by atoms with E-state index in [0.717, 1.165) is 38.3 Å². The van der Waals surface area contributed by atoms with Gasteiger partial charge in [-0.05, 0) is 50.1 Å². The number of ether oxygens (including phenoxy) is 1. The summed E-state index contributed by atoms with van der Waals surface area (Å²) < 4.78 is 5.43. The van der Waals surface area contributed by atoms with Crippen molar-refractivity contribution >= 4 is 11.8 Å². The summed E-state index contributed by atoms with van der Waals surface area (Å²) in [7, 11) is 0. The summed E-state index contributed by atoms with van der Waals surface area (Å²) >= 11 is 0. The van der Waals surface area contributed by atoms with Gasteiger partial charge in [0.2, 0.25) is 0 Å². The molecule has 6 heteroatoms. The Labute approximate surface area is 179 Å². The minimum atomic E-state index is -1.17. The molecular formula is C24H32N3O3-. The van der Waals surface area contributed by atoms with Crippen molar-refractivity contribution in [3.8, 4) is 5.75 Å². The molecule has 3 rings (SSSR count). The van der Waals surface area contributed by atoms with Gasteiger partial charge in [0.05, 0.1) is 6.61 Å². The number of rotatable bonds is 9. The first-order valence-corrected chi connectivity index (χ1v) is 10.8. The van der Waals surface area contributed by atoms with E-state index in [4.69, 9.17) is 4.74 Å². The highest BCUT2D eigenvalue weighted by atomic mass is 16.5. The maximum atomic E-state index is 11.7. The van der Waals surface area contributed by atoms with Crippen LogP contribution in [0.2, 0.25) is 0 Å². The Morgan fingerprint density at radius 2 is 1.83 bits per heavy atom. The quantitative estimate of drug-likeness (QED) is 0.636. The van der Waals surface area contributed by atoms with Crippen LogP contribution in [0.1, 0.15) is 19.4 Å². The second kappa shape index (κ2) is 11.0. The van der Waals surface area contributed by atoms with E-state index in [2.05, 4.69) is 41.0 Å². The molecule has 2 aromatic rings. The molecule has 1 aliphatic rings. The van der Waals surface area contributed by atoms with Crippen molar-refractivity contribution in [1.29, 1.82) is 0 Å². The third-order valence-electron chi connectivity index (χ3n) is 5.70. The van der Waals surface area contributed by atoms with Gasteiger partial charge in [0.25, 0.3) is 0 Å². The zero-order valence-electron chi connectivity index (χ0n) is 18.0. The minimum absolute atomic E-state index is 0.396. The van der Waals surface area contributed by atoms with Crippen LogP contribution in [0.3, 0.4) is 0 Å². The van der Waals surface area contributed by atoms with Gasteiger partial charge >= 0.3 is 0 Å². The number of anilines is 1. The van der Waals surface area contributed by atoms with Crippen molar-refractivity contribution < 1.29 is 14.6 Å². The molecule has 1 saturated heterocycles. The normalized spacial score (nSPS) is 17.6. The number of benzene rings is 2. The summed E-state index contributed by atoms with van der Waals surface area (Å²) in [4.78, 5) is 17.8. The van der Waals surface area contributed by atoms with Crippen molar-refractivity contribution in [2.45, 2.75) is 26.3 Å². The van der Waals surface area contributed by atoms with Crippen molar-refractivity contribution in [1.82, 2.24) is 9.80 Å². The molecule has 1 fully saturated rings. The molecule has 162 valence electrons. The Morgan fingerprint density at radius 1 is 1.10 bits per heavy atom. The van der Waals surface area contributed by atoms with E-state index in [1.807, 2.05) is 13.0 Å². The lowest BCUT2D eigenvalue weighted by Crippen LogP contribution is -2.54. The maximum absolute atomic E-state index is 11.7. The number of carbonyl (C=O) groups excluding carboxylic acids is 1. The monoisotopic (exact) mass is 410 g/mol. The lowest BCUT2D eigenvalue weighted by molar-refractivity contribution is -0.246. The average molecular weight is 411 g/mol. The summed E-state index contributed by atoms with van der Waals surface area (Å²) in [5.74, 6) is 0.736. The number of carboxylic acid groups (broad SMARTS) is 1. The molecule has 0 N–H and O–H groups in total. The lowest BCUT2D eigenvalue weighted by Gasteiger charge is -2.40. The van der Waals surface area contributed by atoms with Crippen molar-refractivity contribution in [2.24, 2.45) is 0 Å². The fraction of sp³-hybridized carbons (Fsp3) is 0.458. The van der Waals surface area contributed by atoms with Crippen LogP contribution < -0.4 is 14.7 Å². The molecule has 1 heterocycles. The Kier molecular flexibility index (Phi) is 8.11. The van der Waals surface area contributed by atoms with Gasteiger partial charge in [-0.25, -0.2) is 0 Å². The molecule has 0 spiro atoms. The van der Waals surface area contributed by atoms with Crippen LogP contribution in [-0.4, -0.2) is 67.8 Å². The summed E-state index contributed by atoms with van der Waals surface area (Å²) in [6.07, 6.45) is -0.116. The van der Waals surface area contributed by atoms with Crippen molar-refractivity contribution in [2.75, 3.05) is 50.8 Å². The molecule has 6 nitrogen and oxygen atoms in total. The molecule has 1 atom stereocenters. The van der Waals surface area contributed by atoms with Crippen LogP contribution in [0.4, 0.5) is 10.5 Å². The number of hydrogen-bond acceptors (Lipinski definition) is 5. The lowest BCUT2D eigenvalue weighted by atomic mass is 10.1. The average Bonchev–Trinajstić information content (AvgIpc) is 2.75. The van der Waals surface area contributed by atoms with Gasteiger partial charge < -0.3 is 19.5 Å². The Bertz CT molecular complexity index is 782. The van der Waals surface area contributed by atoms with E-state index in [-0.39, 0.29) is 0 Å². The van der Waals surface area contributed by atoms with E-state index in [1.165, 1.54) is 10.5 Å². The number of carbonyl (C=O) groups is 1. The third-order valence-corrected chi connectivity index (χ3v) is 5.70. The highest BCUT2D eigenvalue weighted by Crippen LogP contribution is 2.20. The first-order valence-electron chi connectivity index (χ1n) is 10.8. The topological polar surface area (TPSA) is 59.1 Å². The summed E-state index contributed by atoms with van der Waals surface area (Å²) in [6.45, 7) is 9.79. The number of nitrogens with zero attached hydrogens (tertiary/aromatic N) is 3. The predicted molar refractivity (Wildman–Crippen MR) is 118 cm³/mol. The fourth-order valence-electron chi connectivity index (χ4n) is 3.98. The van der Waals surface area contributed by atoms with E-state index in [1.54, 1.807) is 24.3 Å². The molecule has 1 aliphatic heterocycles. The standard InChI is InChI=1S/C24H33N3O3/c1-3-30-23-11-9-22(10-12-23)27(24(28)29)18-16-25-15-17-26(20(2)19-25)14-13-21-7-5-4-6-8-21/h4-12,20H,3,13-19H2,1-2H3,(H,28,29)/p-1. The smallest absolute Gasteiger partial charge is 0.141 e. The van der Waals surface area contributed by atoms with Crippen molar-refractivity contribution in [3.63, 3.8) is 0 Å². The molecule has 1 unspecified atom stereocenters. The minimum Gasteiger partial charge on any atom is -0.530 e. The second-order valence-corrected chi connectivity index (χ2v) is 7.77. The van der Waals surface area contributed by atoms with Crippen LogP contribution >= 0.6 is 0 Å². The van der Waals surface area contributed by atoms with Gasteiger partial charge in [-0.2, -0.15) is 0 Å². The first-order chi connectivity index (χ1) is 14.6. The zero-order chi connectivity index (χ0) is 21.3. The second-order valence-electron chi connectivity index (χ2n) is 7.77. The number of amides is 1. The first kappa shape index (κ1) is 22.1. The van der Waals surface area contributed by atoms with E-state index >= 15 is 0 Å². The van der Waals surface area contributed by atoms with E-state index in [0.29, 0.717) is 31.4 Å². The molecule has 0 aliphatic carbocycles. The largest absolute Gasteiger partial charge is 0.530 e. The highest BCUT2D eigenvalue weighted by molar-refractivity contribution is 5.84. The van der Waals surface area contributed by atoms with Crippen LogP contribution in [-0.2, 0) is 6.42 Å².